The van der Waals surface area contributed by atoms with Gasteiger partial charge in [0.15, 0.2) is 0 Å². The Morgan fingerprint density at radius 2 is 1.85 bits per heavy atom. The molecule has 0 aliphatic carbocycles. The molecule has 3 rings (SSSR count). The van der Waals surface area contributed by atoms with Crippen molar-refractivity contribution in [3.8, 4) is 5.75 Å². The quantitative estimate of drug-likeness (QED) is 0.747. The molecule has 1 fully saturated rings. The number of nitrogens with zero attached hydrogens (tertiary/aromatic N) is 1. The molecule has 26 heavy (non-hydrogen) atoms. The summed E-state index contributed by atoms with van der Waals surface area (Å²) in [4.78, 5) is 2.49. The maximum atomic E-state index is 12.6. The van der Waals surface area contributed by atoms with Gasteiger partial charge >= 0.3 is 0 Å². The van der Waals surface area contributed by atoms with Crippen molar-refractivity contribution < 1.29 is 17.9 Å². The summed E-state index contributed by atoms with van der Waals surface area (Å²) < 4.78 is 38.8. The minimum Gasteiger partial charge on any atom is -0.496 e. The van der Waals surface area contributed by atoms with Crippen LogP contribution < -0.4 is 9.46 Å². The van der Waals surface area contributed by atoms with Gasteiger partial charge in [-0.3, -0.25) is 9.62 Å². The topological polar surface area (TPSA) is 67.9 Å². The lowest BCUT2D eigenvalue weighted by molar-refractivity contribution is 0.0342. The van der Waals surface area contributed by atoms with E-state index in [9.17, 15) is 8.42 Å². The predicted molar refractivity (Wildman–Crippen MR) is 104 cm³/mol. The van der Waals surface area contributed by atoms with Crippen LogP contribution in [0.4, 0.5) is 5.69 Å². The van der Waals surface area contributed by atoms with Gasteiger partial charge in [0.05, 0.1) is 29.7 Å². The van der Waals surface area contributed by atoms with E-state index in [1.54, 1.807) is 18.2 Å². The van der Waals surface area contributed by atoms with Crippen LogP contribution in [0.5, 0.6) is 5.75 Å². The van der Waals surface area contributed by atoms with E-state index >= 15 is 0 Å². The molecule has 1 heterocycles. The van der Waals surface area contributed by atoms with Crippen LogP contribution >= 0.6 is 15.9 Å². The van der Waals surface area contributed by atoms with Crippen molar-refractivity contribution in [1.29, 1.82) is 0 Å². The Morgan fingerprint density at radius 3 is 2.46 bits per heavy atom. The molecular weight excluding hydrogens is 420 g/mol. The fourth-order valence-electron chi connectivity index (χ4n) is 2.72. The number of rotatable bonds is 6. The van der Waals surface area contributed by atoms with Crippen molar-refractivity contribution in [1.82, 2.24) is 4.90 Å². The summed E-state index contributed by atoms with van der Waals surface area (Å²) in [5.74, 6) is 0.580. The van der Waals surface area contributed by atoms with Gasteiger partial charge in [0.25, 0.3) is 10.0 Å². The first-order valence-electron chi connectivity index (χ1n) is 8.23. The van der Waals surface area contributed by atoms with Crippen molar-refractivity contribution in [3.63, 3.8) is 0 Å². The number of halogens is 1. The number of hydrogen-bond acceptors (Lipinski definition) is 5. The first-order chi connectivity index (χ1) is 12.5. The minimum atomic E-state index is -3.66. The molecule has 0 atom stereocenters. The summed E-state index contributed by atoms with van der Waals surface area (Å²) in [6, 6.07) is 12.1. The number of anilines is 1. The molecule has 2 aromatic rings. The van der Waals surface area contributed by atoms with Crippen LogP contribution in [0.1, 0.15) is 5.56 Å². The Labute approximate surface area is 162 Å². The highest BCUT2D eigenvalue weighted by Gasteiger charge is 2.16. The first kappa shape index (κ1) is 19.2. The standard InChI is InChI=1S/C18H21BrN2O4S/c1-24-18-7-6-16(12-17(18)19)26(22,23)20-15-4-2-14(3-5-15)13-21-8-10-25-11-9-21/h2-7,12,20H,8-11,13H2,1H3. The van der Waals surface area contributed by atoms with E-state index in [4.69, 9.17) is 9.47 Å². The fraction of sp³-hybridized carbons (Fsp3) is 0.333. The van der Waals surface area contributed by atoms with Crippen LogP contribution in [0.2, 0.25) is 0 Å². The number of sulfonamides is 1. The molecule has 1 aliphatic rings. The number of hydrogen-bond donors (Lipinski definition) is 1. The Kier molecular flexibility index (Phi) is 6.18. The fourth-order valence-corrected chi connectivity index (χ4v) is 4.50. The molecule has 0 unspecified atom stereocenters. The van der Waals surface area contributed by atoms with Crippen molar-refractivity contribution in [2.24, 2.45) is 0 Å². The highest BCUT2D eigenvalue weighted by molar-refractivity contribution is 9.10. The third kappa shape index (κ3) is 4.76. The molecule has 8 heteroatoms. The molecule has 0 spiro atoms. The van der Waals surface area contributed by atoms with E-state index < -0.39 is 10.0 Å². The Bertz CT molecular complexity index is 850. The Hall–Kier alpha value is -1.61. The van der Waals surface area contributed by atoms with Gasteiger partial charge in [-0.1, -0.05) is 12.1 Å². The van der Waals surface area contributed by atoms with Gasteiger partial charge in [-0.05, 0) is 51.8 Å². The zero-order valence-corrected chi connectivity index (χ0v) is 16.8. The number of ether oxygens (including phenoxy) is 2. The van der Waals surface area contributed by atoms with E-state index in [0.717, 1.165) is 38.4 Å². The zero-order valence-electron chi connectivity index (χ0n) is 14.4. The molecule has 2 aromatic carbocycles. The molecule has 1 aliphatic heterocycles. The zero-order chi connectivity index (χ0) is 18.6. The van der Waals surface area contributed by atoms with E-state index in [2.05, 4.69) is 25.6 Å². The van der Waals surface area contributed by atoms with E-state index in [1.807, 2.05) is 12.1 Å². The van der Waals surface area contributed by atoms with Gasteiger partial charge < -0.3 is 9.47 Å². The van der Waals surface area contributed by atoms with E-state index in [1.165, 1.54) is 19.2 Å². The van der Waals surface area contributed by atoms with Gasteiger partial charge in [0.1, 0.15) is 5.75 Å². The van der Waals surface area contributed by atoms with Gasteiger partial charge in [0, 0.05) is 25.3 Å². The van der Waals surface area contributed by atoms with E-state index in [-0.39, 0.29) is 4.90 Å². The third-order valence-electron chi connectivity index (χ3n) is 4.15. The van der Waals surface area contributed by atoms with Crippen molar-refractivity contribution >= 4 is 31.6 Å². The number of benzene rings is 2. The van der Waals surface area contributed by atoms with Crippen LogP contribution in [-0.2, 0) is 21.3 Å². The second kappa shape index (κ2) is 8.39. The average molecular weight is 441 g/mol. The van der Waals surface area contributed by atoms with Crippen molar-refractivity contribution in [3.05, 3.63) is 52.5 Å². The van der Waals surface area contributed by atoms with Gasteiger partial charge in [-0.15, -0.1) is 0 Å². The SMILES string of the molecule is COc1ccc(S(=O)(=O)Nc2ccc(CN3CCOCC3)cc2)cc1Br. The van der Waals surface area contributed by atoms with Gasteiger partial charge in [0.2, 0.25) is 0 Å². The molecule has 0 saturated carbocycles. The second-order valence-electron chi connectivity index (χ2n) is 5.99. The number of nitrogens with one attached hydrogen (secondary N) is 1. The number of morpholine rings is 1. The Balaban J connectivity index is 1.68. The summed E-state index contributed by atoms with van der Waals surface area (Å²) >= 11 is 3.31. The molecule has 1 saturated heterocycles. The summed E-state index contributed by atoms with van der Waals surface area (Å²) in [6.45, 7) is 4.19. The molecule has 1 N–H and O–H groups in total. The maximum Gasteiger partial charge on any atom is 0.261 e. The van der Waals surface area contributed by atoms with E-state index in [0.29, 0.717) is 15.9 Å². The van der Waals surface area contributed by atoms with Gasteiger partial charge in [-0.25, -0.2) is 8.42 Å². The molecule has 6 nitrogen and oxygen atoms in total. The first-order valence-corrected chi connectivity index (χ1v) is 10.5. The van der Waals surface area contributed by atoms with Crippen LogP contribution in [0.3, 0.4) is 0 Å². The normalized spacial score (nSPS) is 15.6. The molecular formula is C18H21BrN2O4S. The van der Waals surface area contributed by atoms with Gasteiger partial charge in [-0.2, -0.15) is 0 Å². The van der Waals surface area contributed by atoms with Crippen molar-refractivity contribution in [2.75, 3.05) is 38.1 Å². The molecule has 0 amide bonds. The lowest BCUT2D eigenvalue weighted by atomic mass is 10.2. The summed E-state index contributed by atoms with van der Waals surface area (Å²) in [5, 5.41) is 0. The molecule has 0 aromatic heterocycles. The van der Waals surface area contributed by atoms with Crippen LogP contribution in [-0.4, -0.2) is 46.7 Å². The highest BCUT2D eigenvalue weighted by Crippen LogP contribution is 2.28. The maximum absolute atomic E-state index is 12.6. The average Bonchev–Trinajstić information content (AvgIpc) is 2.64. The summed E-state index contributed by atoms with van der Waals surface area (Å²) in [6.07, 6.45) is 0. The second-order valence-corrected chi connectivity index (χ2v) is 8.52. The smallest absolute Gasteiger partial charge is 0.261 e. The Morgan fingerprint density at radius 1 is 1.15 bits per heavy atom. The summed E-state index contributed by atoms with van der Waals surface area (Å²) in [5.41, 5.74) is 1.67. The third-order valence-corrected chi connectivity index (χ3v) is 6.15. The van der Waals surface area contributed by atoms with Crippen molar-refractivity contribution in [2.45, 2.75) is 11.4 Å². The number of methoxy groups -OCH3 is 1. The predicted octanol–water partition coefficient (Wildman–Crippen LogP) is 3.09. The molecule has 0 radical (unpaired) electrons. The largest absolute Gasteiger partial charge is 0.496 e. The lowest BCUT2D eigenvalue weighted by Crippen LogP contribution is -2.35. The van der Waals surface area contributed by atoms with Crippen LogP contribution in [0.15, 0.2) is 51.8 Å². The lowest BCUT2D eigenvalue weighted by Gasteiger charge is -2.26. The van der Waals surface area contributed by atoms with Crippen LogP contribution in [0.25, 0.3) is 0 Å². The molecule has 140 valence electrons. The highest BCUT2D eigenvalue weighted by atomic mass is 79.9. The summed E-state index contributed by atoms with van der Waals surface area (Å²) in [7, 11) is -2.13. The molecule has 0 bridgehead atoms. The monoisotopic (exact) mass is 440 g/mol. The van der Waals surface area contributed by atoms with Crippen LogP contribution in [0, 0.1) is 0 Å². The minimum absolute atomic E-state index is 0.169.